The molecule has 4 heterocycles. The molecule has 3 aromatic heterocycles. The van der Waals surface area contributed by atoms with Crippen molar-refractivity contribution < 1.29 is 8.42 Å². The molecule has 13 heteroatoms. The summed E-state index contributed by atoms with van der Waals surface area (Å²) < 4.78 is 26.8. The summed E-state index contributed by atoms with van der Waals surface area (Å²) in [4.78, 5) is 19.9. The fourth-order valence-electron chi connectivity index (χ4n) is 3.88. The lowest BCUT2D eigenvalue weighted by Gasteiger charge is -2.29. The van der Waals surface area contributed by atoms with Gasteiger partial charge in [0.1, 0.15) is 5.69 Å². The first-order valence-corrected chi connectivity index (χ1v) is 13.0. The molecule has 1 aliphatic rings. The molecule has 1 saturated heterocycles. The van der Waals surface area contributed by atoms with Crippen LogP contribution in [0, 0.1) is 0 Å². The van der Waals surface area contributed by atoms with Gasteiger partial charge in [-0.3, -0.25) is 9.29 Å². The minimum Gasteiger partial charge on any atom is -0.369 e. The molecule has 12 nitrogen and oxygen atoms in total. The number of fused-ring (bicyclic) bond motifs is 1. The largest absolute Gasteiger partial charge is 0.369 e. The Morgan fingerprint density at radius 3 is 2.54 bits per heavy atom. The lowest BCUT2D eigenvalue weighted by atomic mass is 10.2. The Morgan fingerprint density at radius 2 is 1.80 bits per heavy atom. The summed E-state index contributed by atoms with van der Waals surface area (Å²) in [6.07, 6.45) is 7.46. The summed E-state index contributed by atoms with van der Waals surface area (Å²) in [5.74, 6) is 0.678. The van der Waals surface area contributed by atoms with Crippen LogP contribution in [-0.2, 0) is 16.6 Å². The van der Waals surface area contributed by atoms with Gasteiger partial charge in [0, 0.05) is 63.2 Å². The summed E-state index contributed by atoms with van der Waals surface area (Å²) in [7, 11) is -2.05. The zero-order valence-electron chi connectivity index (χ0n) is 19.5. The molecule has 1 aromatic carbocycles. The van der Waals surface area contributed by atoms with Crippen molar-refractivity contribution in [3.8, 4) is 0 Å². The number of benzene rings is 1. The maximum atomic E-state index is 12.0. The van der Waals surface area contributed by atoms with Crippen LogP contribution in [0.2, 0.25) is 0 Å². The topological polar surface area (TPSA) is 134 Å². The van der Waals surface area contributed by atoms with Crippen molar-refractivity contribution in [2.24, 2.45) is 0 Å². The van der Waals surface area contributed by atoms with E-state index < -0.39 is 10.0 Å². The van der Waals surface area contributed by atoms with Gasteiger partial charge in [0.25, 0.3) is 0 Å². The molecule has 5 rings (SSSR count). The fraction of sp³-hybridized carbons (Fsp3) is 0.318. The minimum atomic E-state index is -3.49. The van der Waals surface area contributed by atoms with Crippen molar-refractivity contribution in [3.63, 3.8) is 0 Å². The van der Waals surface area contributed by atoms with Gasteiger partial charge in [0.05, 0.1) is 24.4 Å². The number of nitrogens with one attached hydrogen (secondary N) is 2. The van der Waals surface area contributed by atoms with Crippen LogP contribution < -0.4 is 19.8 Å². The number of piperazine rings is 1. The standard InChI is InChI=1S/C22H26N10O2S/c1-30(35(2,33)34)21-19(24-7-8-25-21)15-32-20-16(14-27-32)13-26-22(29-20)28-17-3-5-18(6-4-17)31-11-9-23-10-12-31/h3-8,13-14,23H,9-12,15H2,1-2H3,(H,26,28,29). The molecule has 0 unspecified atom stereocenters. The number of sulfonamides is 1. The number of hydrogen-bond donors (Lipinski definition) is 2. The molecule has 0 amide bonds. The Hall–Kier alpha value is -3.84. The van der Waals surface area contributed by atoms with E-state index in [2.05, 4.69) is 52.7 Å². The summed E-state index contributed by atoms with van der Waals surface area (Å²) in [5.41, 5.74) is 3.12. The minimum absolute atomic E-state index is 0.197. The molecule has 0 aliphatic carbocycles. The van der Waals surface area contributed by atoms with Gasteiger partial charge in [-0.25, -0.2) is 23.1 Å². The van der Waals surface area contributed by atoms with Crippen LogP contribution in [0.1, 0.15) is 5.69 Å². The summed E-state index contributed by atoms with van der Waals surface area (Å²) in [6, 6.07) is 8.19. The predicted octanol–water partition coefficient (Wildman–Crippen LogP) is 1.21. The van der Waals surface area contributed by atoms with Crippen LogP contribution in [0.15, 0.2) is 49.1 Å². The second-order valence-corrected chi connectivity index (χ2v) is 10.3. The highest BCUT2D eigenvalue weighted by Gasteiger charge is 2.19. The highest BCUT2D eigenvalue weighted by Crippen LogP contribution is 2.22. The van der Waals surface area contributed by atoms with E-state index in [1.165, 1.54) is 25.1 Å². The molecular weight excluding hydrogens is 468 g/mol. The van der Waals surface area contributed by atoms with Crippen LogP contribution in [0.4, 0.5) is 23.1 Å². The Balaban J connectivity index is 1.37. The highest BCUT2D eigenvalue weighted by atomic mass is 32.2. The van der Waals surface area contributed by atoms with Gasteiger partial charge in [-0.1, -0.05) is 0 Å². The normalized spacial score (nSPS) is 14.3. The van der Waals surface area contributed by atoms with Crippen molar-refractivity contribution in [3.05, 3.63) is 54.7 Å². The Labute approximate surface area is 203 Å². The third-order valence-corrected chi connectivity index (χ3v) is 7.00. The first kappa shape index (κ1) is 22.9. The number of anilines is 4. The Kier molecular flexibility index (Phi) is 6.17. The van der Waals surface area contributed by atoms with Crippen molar-refractivity contribution in [1.29, 1.82) is 0 Å². The van der Waals surface area contributed by atoms with Gasteiger partial charge in [0.2, 0.25) is 16.0 Å². The van der Waals surface area contributed by atoms with E-state index in [1.54, 1.807) is 17.1 Å². The molecule has 0 bridgehead atoms. The van der Waals surface area contributed by atoms with Gasteiger partial charge in [0.15, 0.2) is 11.5 Å². The maximum absolute atomic E-state index is 12.0. The number of aromatic nitrogens is 6. The third kappa shape index (κ3) is 5.00. The molecule has 0 saturated carbocycles. The van der Waals surface area contributed by atoms with Gasteiger partial charge in [-0.05, 0) is 24.3 Å². The summed E-state index contributed by atoms with van der Waals surface area (Å²) >= 11 is 0. The van der Waals surface area contributed by atoms with Crippen LogP contribution in [0.5, 0.6) is 0 Å². The quantitative estimate of drug-likeness (QED) is 0.386. The van der Waals surface area contributed by atoms with E-state index >= 15 is 0 Å². The lowest BCUT2D eigenvalue weighted by Crippen LogP contribution is -2.43. The molecule has 1 fully saturated rings. The van der Waals surface area contributed by atoms with Gasteiger partial charge in [-0.2, -0.15) is 10.1 Å². The van der Waals surface area contributed by atoms with Crippen molar-refractivity contribution in [1.82, 2.24) is 35.0 Å². The number of nitrogens with zero attached hydrogens (tertiary/aromatic N) is 8. The maximum Gasteiger partial charge on any atom is 0.233 e. The van der Waals surface area contributed by atoms with E-state index in [-0.39, 0.29) is 12.4 Å². The third-order valence-electron chi connectivity index (χ3n) is 5.83. The van der Waals surface area contributed by atoms with E-state index in [0.29, 0.717) is 17.3 Å². The first-order chi connectivity index (χ1) is 16.9. The number of rotatable bonds is 7. The zero-order chi connectivity index (χ0) is 24.4. The molecule has 182 valence electrons. The summed E-state index contributed by atoms with van der Waals surface area (Å²) in [6.45, 7) is 4.15. The summed E-state index contributed by atoms with van der Waals surface area (Å²) in [5, 5.41) is 11.8. The molecule has 0 radical (unpaired) electrons. The molecule has 35 heavy (non-hydrogen) atoms. The average molecular weight is 495 g/mol. The van der Waals surface area contributed by atoms with E-state index in [9.17, 15) is 8.42 Å². The Morgan fingerprint density at radius 1 is 1.06 bits per heavy atom. The van der Waals surface area contributed by atoms with Crippen LogP contribution >= 0.6 is 0 Å². The van der Waals surface area contributed by atoms with E-state index in [1.807, 2.05) is 12.1 Å². The smallest absolute Gasteiger partial charge is 0.233 e. The molecule has 2 N–H and O–H groups in total. The molecule has 0 atom stereocenters. The molecule has 4 aromatic rings. The highest BCUT2D eigenvalue weighted by molar-refractivity contribution is 7.92. The Bertz CT molecular complexity index is 1430. The molecule has 1 aliphatic heterocycles. The van der Waals surface area contributed by atoms with Gasteiger partial charge < -0.3 is 15.5 Å². The van der Waals surface area contributed by atoms with Crippen LogP contribution in [0.25, 0.3) is 11.0 Å². The van der Waals surface area contributed by atoms with Crippen molar-refractivity contribution in [2.45, 2.75) is 6.54 Å². The van der Waals surface area contributed by atoms with E-state index in [4.69, 9.17) is 0 Å². The van der Waals surface area contributed by atoms with E-state index in [0.717, 1.165) is 47.8 Å². The average Bonchev–Trinajstić information content (AvgIpc) is 3.26. The van der Waals surface area contributed by atoms with Gasteiger partial charge in [-0.15, -0.1) is 0 Å². The monoisotopic (exact) mass is 494 g/mol. The number of hydrogen-bond acceptors (Lipinski definition) is 10. The SMILES string of the molecule is CN(c1nccnc1Cn1ncc2cnc(Nc3ccc(N4CCNCC4)cc3)nc21)S(C)(=O)=O. The zero-order valence-corrected chi connectivity index (χ0v) is 20.3. The van der Waals surface area contributed by atoms with Crippen LogP contribution in [0.3, 0.4) is 0 Å². The second kappa shape index (κ2) is 9.43. The lowest BCUT2D eigenvalue weighted by molar-refractivity contribution is 0.589. The first-order valence-electron chi connectivity index (χ1n) is 11.1. The molecule has 0 spiro atoms. The second-order valence-electron chi connectivity index (χ2n) is 8.24. The van der Waals surface area contributed by atoms with Crippen LogP contribution in [-0.4, -0.2) is 77.6 Å². The van der Waals surface area contributed by atoms with Crippen molar-refractivity contribution in [2.75, 3.05) is 54.0 Å². The molecular formula is C22H26N10O2S. The predicted molar refractivity (Wildman–Crippen MR) is 135 cm³/mol. The van der Waals surface area contributed by atoms with Gasteiger partial charge >= 0.3 is 0 Å². The fourth-order valence-corrected chi connectivity index (χ4v) is 4.35. The van der Waals surface area contributed by atoms with Crippen molar-refractivity contribution >= 4 is 44.2 Å².